The summed E-state index contributed by atoms with van der Waals surface area (Å²) in [7, 11) is 0. The van der Waals surface area contributed by atoms with Gasteiger partial charge in [-0.2, -0.15) is 18.2 Å². The zero-order valence-electron chi connectivity index (χ0n) is 11.0. The quantitative estimate of drug-likeness (QED) is 0.937. The summed E-state index contributed by atoms with van der Waals surface area (Å²) in [5.74, 6) is -0.115. The maximum atomic E-state index is 13.4. The van der Waals surface area contributed by atoms with Crippen LogP contribution >= 0.6 is 0 Å². The number of rotatable bonds is 3. The topological polar surface area (TPSA) is 63.8 Å². The lowest BCUT2D eigenvalue weighted by Gasteiger charge is -2.26. The first-order valence-electron chi connectivity index (χ1n) is 6.51. The molecule has 0 radical (unpaired) electrons. The predicted molar refractivity (Wildman–Crippen MR) is 66.6 cm³/mol. The van der Waals surface area contributed by atoms with E-state index < -0.39 is 11.6 Å². The summed E-state index contributed by atoms with van der Waals surface area (Å²) < 4.78 is 45.0. The molecule has 0 bridgehead atoms. The van der Waals surface area contributed by atoms with Gasteiger partial charge >= 0.3 is 6.18 Å². The van der Waals surface area contributed by atoms with Crippen molar-refractivity contribution in [3.05, 3.63) is 41.8 Å². The third kappa shape index (κ3) is 2.51. The van der Waals surface area contributed by atoms with Crippen molar-refractivity contribution in [2.24, 2.45) is 0 Å². The van der Waals surface area contributed by atoms with Crippen molar-refractivity contribution in [2.45, 2.75) is 24.4 Å². The Morgan fingerprint density at radius 3 is 2.67 bits per heavy atom. The first-order valence-corrected chi connectivity index (χ1v) is 6.51. The molecule has 5 nitrogen and oxygen atoms in total. The highest BCUT2D eigenvalue weighted by Crippen LogP contribution is 2.44. The van der Waals surface area contributed by atoms with Crippen molar-refractivity contribution in [1.29, 1.82) is 0 Å². The number of nitrogens with zero attached hydrogens (tertiary/aromatic N) is 3. The van der Waals surface area contributed by atoms with E-state index in [2.05, 4.69) is 20.4 Å². The minimum Gasteiger partial charge on any atom is -0.338 e. The van der Waals surface area contributed by atoms with Crippen LogP contribution in [0.25, 0.3) is 0 Å². The van der Waals surface area contributed by atoms with Crippen molar-refractivity contribution in [1.82, 2.24) is 20.4 Å². The summed E-state index contributed by atoms with van der Waals surface area (Å²) in [6, 6.07) is 3.51. The second-order valence-corrected chi connectivity index (χ2v) is 5.05. The van der Waals surface area contributed by atoms with Gasteiger partial charge in [0.15, 0.2) is 11.2 Å². The molecular formula is C13H13F3N4O. The van der Waals surface area contributed by atoms with Crippen LogP contribution in [0.1, 0.15) is 23.7 Å². The molecule has 1 N–H and O–H groups in total. The molecule has 1 aliphatic rings. The lowest BCUT2D eigenvalue weighted by molar-refractivity contribution is -0.191. The summed E-state index contributed by atoms with van der Waals surface area (Å²) >= 11 is 0. The Labute approximate surface area is 118 Å². The molecule has 2 aromatic heterocycles. The van der Waals surface area contributed by atoms with Crippen molar-refractivity contribution in [2.75, 3.05) is 13.1 Å². The van der Waals surface area contributed by atoms with Crippen LogP contribution in [-0.4, -0.2) is 34.4 Å². The molecule has 0 spiro atoms. The SMILES string of the molecule is FC(F)(F)C1(c2nc(Cc3ccncc3)no2)CCNC1. The second-order valence-electron chi connectivity index (χ2n) is 5.05. The molecule has 112 valence electrons. The van der Waals surface area contributed by atoms with E-state index in [1.807, 2.05) is 0 Å². The highest BCUT2D eigenvalue weighted by molar-refractivity contribution is 5.18. The summed E-state index contributed by atoms with van der Waals surface area (Å²) in [5, 5.41) is 6.40. The molecule has 0 aromatic carbocycles. The third-order valence-corrected chi connectivity index (χ3v) is 3.69. The van der Waals surface area contributed by atoms with Crippen LogP contribution in [-0.2, 0) is 11.8 Å². The highest BCUT2D eigenvalue weighted by Gasteiger charge is 2.61. The van der Waals surface area contributed by atoms with Crippen LogP contribution in [0.3, 0.4) is 0 Å². The molecule has 2 aromatic rings. The molecule has 0 amide bonds. The van der Waals surface area contributed by atoms with E-state index in [4.69, 9.17) is 4.52 Å². The molecule has 1 unspecified atom stereocenters. The van der Waals surface area contributed by atoms with E-state index in [1.165, 1.54) is 0 Å². The van der Waals surface area contributed by atoms with E-state index in [0.29, 0.717) is 6.42 Å². The van der Waals surface area contributed by atoms with Gasteiger partial charge in [-0.05, 0) is 30.7 Å². The Hall–Kier alpha value is -1.96. The van der Waals surface area contributed by atoms with Gasteiger partial charge in [-0.15, -0.1) is 0 Å². The van der Waals surface area contributed by atoms with Crippen LogP contribution < -0.4 is 5.32 Å². The van der Waals surface area contributed by atoms with Crippen LogP contribution in [0.5, 0.6) is 0 Å². The molecular weight excluding hydrogens is 285 g/mol. The number of alkyl halides is 3. The summed E-state index contributed by atoms with van der Waals surface area (Å²) in [5.41, 5.74) is -1.21. The van der Waals surface area contributed by atoms with E-state index in [0.717, 1.165) is 5.56 Å². The summed E-state index contributed by atoms with van der Waals surface area (Å²) in [6.07, 6.45) is -0.986. The van der Waals surface area contributed by atoms with Crippen LogP contribution in [0, 0.1) is 0 Å². The smallest absolute Gasteiger partial charge is 0.338 e. The van der Waals surface area contributed by atoms with E-state index in [1.54, 1.807) is 24.5 Å². The Morgan fingerprint density at radius 2 is 2.05 bits per heavy atom. The first kappa shape index (κ1) is 14.0. The van der Waals surface area contributed by atoms with Gasteiger partial charge in [0.2, 0.25) is 5.89 Å². The standard InChI is InChI=1S/C13H13F3N4O/c14-13(15,16)12(3-6-18-8-12)11-19-10(20-21-11)7-9-1-4-17-5-2-9/h1-2,4-5,18H,3,6-8H2. The van der Waals surface area contributed by atoms with Gasteiger partial charge in [-0.3, -0.25) is 4.98 Å². The van der Waals surface area contributed by atoms with Gasteiger partial charge in [0, 0.05) is 25.4 Å². The Bertz CT molecular complexity index is 605. The molecule has 0 saturated carbocycles. The Morgan fingerprint density at radius 1 is 1.29 bits per heavy atom. The number of hydrogen-bond acceptors (Lipinski definition) is 5. The second kappa shape index (κ2) is 5.10. The average molecular weight is 298 g/mol. The number of pyridine rings is 1. The maximum Gasteiger partial charge on any atom is 0.404 e. The Kier molecular flexibility index (Phi) is 3.40. The number of aromatic nitrogens is 3. The predicted octanol–water partition coefficient (Wildman–Crippen LogP) is 1.85. The molecule has 21 heavy (non-hydrogen) atoms. The van der Waals surface area contributed by atoms with Crippen molar-refractivity contribution < 1.29 is 17.7 Å². The summed E-state index contributed by atoms with van der Waals surface area (Å²) in [4.78, 5) is 7.85. The van der Waals surface area contributed by atoms with Crippen molar-refractivity contribution in [3.8, 4) is 0 Å². The average Bonchev–Trinajstić information content (AvgIpc) is 3.08. The number of nitrogens with one attached hydrogen (secondary N) is 1. The van der Waals surface area contributed by atoms with E-state index in [9.17, 15) is 13.2 Å². The van der Waals surface area contributed by atoms with Crippen molar-refractivity contribution >= 4 is 0 Å². The maximum absolute atomic E-state index is 13.4. The lowest BCUT2D eigenvalue weighted by Crippen LogP contribution is -2.44. The summed E-state index contributed by atoms with van der Waals surface area (Å²) in [6.45, 7) is 0.0506. The normalized spacial score (nSPS) is 22.6. The highest BCUT2D eigenvalue weighted by atomic mass is 19.4. The van der Waals surface area contributed by atoms with Gasteiger partial charge in [0.1, 0.15) is 0 Å². The third-order valence-electron chi connectivity index (χ3n) is 3.69. The minimum absolute atomic E-state index is 0.0899. The molecule has 1 aliphatic heterocycles. The number of halogens is 3. The zero-order chi connectivity index (χ0) is 14.9. The van der Waals surface area contributed by atoms with Crippen LogP contribution in [0.2, 0.25) is 0 Å². The van der Waals surface area contributed by atoms with Gasteiger partial charge in [0.05, 0.1) is 0 Å². The van der Waals surface area contributed by atoms with Gasteiger partial charge in [0.25, 0.3) is 0 Å². The number of hydrogen-bond donors (Lipinski definition) is 1. The largest absolute Gasteiger partial charge is 0.404 e. The molecule has 8 heteroatoms. The fourth-order valence-electron chi connectivity index (χ4n) is 2.44. The molecule has 3 heterocycles. The Balaban J connectivity index is 1.87. The van der Waals surface area contributed by atoms with Gasteiger partial charge in [-0.1, -0.05) is 5.16 Å². The van der Waals surface area contributed by atoms with Gasteiger partial charge < -0.3 is 9.84 Å². The monoisotopic (exact) mass is 298 g/mol. The van der Waals surface area contributed by atoms with E-state index >= 15 is 0 Å². The van der Waals surface area contributed by atoms with Crippen LogP contribution in [0.15, 0.2) is 29.0 Å². The minimum atomic E-state index is -4.42. The molecule has 1 atom stereocenters. The van der Waals surface area contributed by atoms with Gasteiger partial charge in [-0.25, -0.2) is 0 Å². The molecule has 3 rings (SSSR count). The van der Waals surface area contributed by atoms with Crippen molar-refractivity contribution in [3.63, 3.8) is 0 Å². The fourth-order valence-corrected chi connectivity index (χ4v) is 2.44. The molecule has 1 saturated heterocycles. The van der Waals surface area contributed by atoms with Crippen LogP contribution in [0.4, 0.5) is 13.2 Å². The first-order chi connectivity index (χ1) is 10.0. The zero-order valence-corrected chi connectivity index (χ0v) is 11.0. The molecule has 0 aliphatic carbocycles. The fraction of sp³-hybridized carbons (Fsp3) is 0.462. The van der Waals surface area contributed by atoms with E-state index in [-0.39, 0.29) is 31.2 Å². The lowest BCUT2D eigenvalue weighted by atomic mass is 9.86. The molecule has 1 fully saturated rings.